The molecular weight excluding hydrogens is 358 g/mol. The van der Waals surface area contributed by atoms with E-state index in [9.17, 15) is 4.79 Å². The molecule has 2 aromatic heterocycles. The zero-order valence-corrected chi connectivity index (χ0v) is 15.7. The topological polar surface area (TPSA) is 64.1 Å². The maximum Gasteiger partial charge on any atom is 0.258 e. The van der Waals surface area contributed by atoms with Crippen molar-refractivity contribution in [3.8, 4) is 17.0 Å². The van der Waals surface area contributed by atoms with Crippen LogP contribution < -0.4 is 10.1 Å². The van der Waals surface area contributed by atoms with E-state index in [1.54, 1.807) is 13.2 Å². The molecule has 0 fully saturated rings. The number of pyridine rings is 1. The predicted octanol–water partition coefficient (Wildman–Crippen LogP) is 4.93. The zero-order valence-electron chi connectivity index (χ0n) is 14.9. The average molecular weight is 375 g/mol. The van der Waals surface area contributed by atoms with Gasteiger partial charge in [-0.1, -0.05) is 30.3 Å². The predicted molar refractivity (Wildman–Crippen MR) is 109 cm³/mol. The minimum absolute atomic E-state index is 0.197. The lowest BCUT2D eigenvalue weighted by molar-refractivity contribution is 0.102. The lowest BCUT2D eigenvalue weighted by atomic mass is 10.1. The molecule has 1 amide bonds. The lowest BCUT2D eigenvalue weighted by Gasteiger charge is -2.07. The van der Waals surface area contributed by atoms with Crippen LogP contribution in [-0.2, 0) is 0 Å². The Balaban J connectivity index is 1.64. The number of para-hydroxylation sites is 2. The molecule has 0 saturated heterocycles. The van der Waals surface area contributed by atoms with Gasteiger partial charge in [0.1, 0.15) is 5.75 Å². The number of nitrogens with zero attached hydrogens (tertiary/aromatic N) is 2. The molecule has 0 aliphatic rings. The SMILES string of the molecule is COc1ccccc1-c1csc(NC(=O)c2cc(C)nc3ccccc23)n1. The van der Waals surface area contributed by atoms with Crippen molar-refractivity contribution in [1.82, 2.24) is 9.97 Å². The molecule has 2 heterocycles. The third-order valence-electron chi connectivity index (χ3n) is 4.20. The maximum absolute atomic E-state index is 12.9. The minimum atomic E-state index is -0.197. The summed E-state index contributed by atoms with van der Waals surface area (Å²) in [4.78, 5) is 21.9. The van der Waals surface area contributed by atoms with Crippen LogP contribution in [0.5, 0.6) is 5.75 Å². The van der Waals surface area contributed by atoms with Gasteiger partial charge in [-0.3, -0.25) is 15.1 Å². The van der Waals surface area contributed by atoms with Gasteiger partial charge in [0.2, 0.25) is 0 Å². The van der Waals surface area contributed by atoms with Gasteiger partial charge in [-0.15, -0.1) is 11.3 Å². The van der Waals surface area contributed by atoms with E-state index in [1.165, 1.54) is 11.3 Å². The molecule has 134 valence electrons. The first-order valence-corrected chi connectivity index (χ1v) is 9.30. The van der Waals surface area contributed by atoms with Gasteiger partial charge in [-0.25, -0.2) is 4.98 Å². The molecule has 0 saturated carbocycles. The lowest BCUT2D eigenvalue weighted by Crippen LogP contribution is -2.13. The van der Waals surface area contributed by atoms with Crippen molar-refractivity contribution < 1.29 is 9.53 Å². The summed E-state index contributed by atoms with van der Waals surface area (Å²) in [6.45, 7) is 1.88. The second-order valence-corrected chi connectivity index (χ2v) is 6.88. The van der Waals surface area contributed by atoms with Crippen molar-refractivity contribution >= 4 is 33.3 Å². The summed E-state index contributed by atoms with van der Waals surface area (Å²) in [5, 5.41) is 6.17. The Bertz CT molecular complexity index is 1140. The Labute approximate surface area is 160 Å². The van der Waals surface area contributed by atoms with Crippen molar-refractivity contribution in [3.63, 3.8) is 0 Å². The molecule has 27 heavy (non-hydrogen) atoms. The van der Waals surface area contributed by atoms with Gasteiger partial charge in [-0.05, 0) is 31.2 Å². The highest BCUT2D eigenvalue weighted by molar-refractivity contribution is 7.14. The third kappa shape index (κ3) is 3.39. The molecule has 2 aromatic carbocycles. The van der Waals surface area contributed by atoms with Crippen LogP contribution in [0.2, 0.25) is 0 Å². The number of hydrogen-bond donors (Lipinski definition) is 1. The molecule has 0 atom stereocenters. The Morgan fingerprint density at radius 3 is 2.70 bits per heavy atom. The molecular formula is C21H17N3O2S. The first-order chi connectivity index (χ1) is 13.2. The van der Waals surface area contributed by atoms with E-state index in [-0.39, 0.29) is 5.91 Å². The maximum atomic E-state index is 12.9. The molecule has 6 heteroatoms. The number of aromatic nitrogens is 2. The molecule has 0 unspecified atom stereocenters. The number of nitrogens with one attached hydrogen (secondary N) is 1. The van der Waals surface area contributed by atoms with Crippen LogP contribution in [-0.4, -0.2) is 23.0 Å². The number of fused-ring (bicyclic) bond motifs is 1. The van der Waals surface area contributed by atoms with E-state index in [4.69, 9.17) is 4.74 Å². The Morgan fingerprint density at radius 2 is 1.85 bits per heavy atom. The fourth-order valence-corrected chi connectivity index (χ4v) is 3.68. The Kier molecular flexibility index (Phi) is 4.56. The summed E-state index contributed by atoms with van der Waals surface area (Å²) >= 11 is 1.38. The highest BCUT2D eigenvalue weighted by Gasteiger charge is 2.15. The number of anilines is 1. The van der Waals surface area contributed by atoms with Gasteiger partial charge >= 0.3 is 0 Å². The largest absolute Gasteiger partial charge is 0.496 e. The molecule has 1 N–H and O–H groups in total. The molecule has 0 aliphatic heterocycles. The van der Waals surface area contributed by atoms with Crippen LogP contribution in [0.1, 0.15) is 16.1 Å². The normalized spacial score (nSPS) is 10.7. The quantitative estimate of drug-likeness (QED) is 0.549. The summed E-state index contributed by atoms with van der Waals surface area (Å²) < 4.78 is 5.39. The van der Waals surface area contributed by atoms with Crippen LogP contribution in [0, 0.1) is 6.92 Å². The molecule has 5 nitrogen and oxygen atoms in total. The van der Waals surface area contributed by atoms with Crippen molar-refractivity contribution in [3.05, 3.63) is 71.2 Å². The van der Waals surface area contributed by atoms with Crippen LogP contribution in [0.15, 0.2) is 60.0 Å². The zero-order chi connectivity index (χ0) is 18.8. The number of methoxy groups -OCH3 is 1. The number of aryl methyl sites for hydroxylation is 1. The van der Waals surface area contributed by atoms with Gasteiger partial charge in [-0.2, -0.15) is 0 Å². The number of thiazole rings is 1. The van der Waals surface area contributed by atoms with E-state index in [0.29, 0.717) is 10.7 Å². The number of hydrogen-bond acceptors (Lipinski definition) is 5. The van der Waals surface area contributed by atoms with Crippen LogP contribution >= 0.6 is 11.3 Å². The number of benzene rings is 2. The van der Waals surface area contributed by atoms with E-state index >= 15 is 0 Å². The number of carbonyl (C=O) groups excluding carboxylic acids is 1. The van der Waals surface area contributed by atoms with E-state index in [2.05, 4.69) is 15.3 Å². The standard InChI is InChI=1S/C21H17N3O2S/c1-13-11-16(14-7-3-5-9-17(14)22-13)20(25)24-21-23-18(12-27-21)15-8-4-6-10-19(15)26-2/h3-12H,1-2H3,(H,23,24,25). The molecule has 0 radical (unpaired) electrons. The Morgan fingerprint density at radius 1 is 1.07 bits per heavy atom. The minimum Gasteiger partial charge on any atom is -0.496 e. The van der Waals surface area contributed by atoms with Crippen LogP contribution in [0.25, 0.3) is 22.2 Å². The van der Waals surface area contributed by atoms with Crippen molar-refractivity contribution in [2.75, 3.05) is 12.4 Å². The molecule has 4 aromatic rings. The van der Waals surface area contributed by atoms with Gasteiger partial charge < -0.3 is 4.74 Å². The summed E-state index contributed by atoms with van der Waals surface area (Å²) in [5.41, 5.74) is 3.85. The van der Waals surface area contributed by atoms with Crippen molar-refractivity contribution in [2.45, 2.75) is 6.92 Å². The third-order valence-corrected chi connectivity index (χ3v) is 4.95. The number of carbonyl (C=O) groups is 1. The van der Waals surface area contributed by atoms with Crippen LogP contribution in [0.4, 0.5) is 5.13 Å². The van der Waals surface area contributed by atoms with E-state index in [0.717, 1.165) is 33.6 Å². The summed E-state index contributed by atoms with van der Waals surface area (Å²) in [7, 11) is 1.63. The van der Waals surface area contributed by atoms with Crippen LogP contribution in [0.3, 0.4) is 0 Å². The highest BCUT2D eigenvalue weighted by atomic mass is 32.1. The van der Waals surface area contributed by atoms with Gasteiger partial charge in [0.25, 0.3) is 5.91 Å². The van der Waals surface area contributed by atoms with E-state index in [1.807, 2.05) is 60.8 Å². The fraction of sp³-hybridized carbons (Fsp3) is 0.0952. The Hall–Kier alpha value is -3.25. The summed E-state index contributed by atoms with van der Waals surface area (Å²) in [6, 6.07) is 17.1. The second-order valence-electron chi connectivity index (χ2n) is 6.02. The van der Waals surface area contributed by atoms with Crippen molar-refractivity contribution in [2.24, 2.45) is 0 Å². The van der Waals surface area contributed by atoms with E-state index < -0.39 is 0 Å². The van der Waals surface area contributed by atoms with Crippen molar-refractivity contribution in [1.29, 1.82) is 0 Å². The highest BCUT2D eigenvalue weighted by Crippen LogP contribution is 2.32. The molecule has 0 aliphatic carbocycles. The fourth-order valence-electron chi connectivity index (χ4n) is 2.97. The summed E-state index contributed by atoms with van der Waals surface area (Å²) in [5.74, 6) is 0.550. The van der Waals surface area contributed by atoms with Gasteiger partial charge in [0.05, 0.1) is 23.9 Å². The summed E-state index contributed by atoms with van der Waals surface area (Å²) in [6.07, 6.45) is 0. The van der Waals surface area contributed by atoms with Gasteiger partial charge in [0, 0.05) is 22.0 Å². The molecule has 4 rings (SSSR count). The molecule has 0 bridgehead atoms. The average Bonchev–Trinajstić information content (AvgIpc) is 3.15. The first kappa shape index (κ1) is 17.2. The second kappa shape index (κ2) is 7.17. The number of ether oxygens (including phenoxy) is 1. The number of amides is 1. The first-order valence-electron chi connectivity index (χ1n) is 8.42. The smallest absolute Gasteiger partial charge is 0.258 e. The molecule has 0 spiro atoms. The monoisotopic (exact) mass is 375 g/mol. The number of rotatable bonds is 4. The van der Waals surface area contributed by atoms with Gasteiger partial charge in [0.15, 0.2) is 5.13 Å².